The summed E-state index contributed by atoms with van der Waals surface area (Å²) in [6, 6.07) is 0. The highest BCUT2D eigenvalue weighted by Crippen LogP contribution is 2.04. The zero-order chi connectivity index (χ0) is 4.41. The van der Waals surface area contributed by atoms with E-state index in [0.717, 1.165) is 0 Å². The maximum Gasteiger partial charge on any atom is 0.123 e. The molecular weight excluding hydrogens is 81.0 g/mol. The molecule has 6 heavy (non-hydrogen) atoms. The number of hydrogen-bond donors (Lipinski definition) is 0. The van der Waals surface area contributed by atoms with Gasteiger partial charge in [0.25, 0.3) is 0 Å². The Bertz CT molecular complexity index is 104. The predicted molar refractivity (Wildman–Crippen MR) is 22.3 cm³/mol. The van der Waals surface area contributed by atoms with Gasteiger partial charge < -0.3 is 0 Å². The van der Waals surface area contributed by atoms with E-state index >= 15 is 0 Å². The van der Waals surface area contributed by atoms with E-state index in [2.05, 4.69) is 4.99 Å². The fourth-order valence-electron chi connectivity index (χ4n) is 0.326. The molecule has 1 nitrogen and oxygen atoms in total. The Balaban J connectivity index is 2.61. The third-order valence-corrected chi connectivity index (χ3v) is 0.606. The Morgan fingerprint density at radius 3 is 2.83 bits per heavy atom. The molecule has 0 spiro atoms. The third kappa shape index (κ3) is 0.455. The fraction of sp³-hybridized carbons (Fsp3) is 0.250. The first-order valence-corrected chi connectivity index (χ1v) is 1.76. The van der Waals surface area contributed by atoms with Gasteiger partial charge in [0.15, 0.2) is 0 Å². The van der Waals surface area contributed by atoms with Crippen LogP contribution < -0.4 is 0 Å². The Hall–Kier alpha value is -0.660. The molecule has 0 amide bonds. The van der Waals surface area contributed by atoms with E-state index in [-0.39, 0.29) is 5.83 Å². The van der Waals surface area contributed by atoms with Crippen LogP contribution in [-0.2, 0) is 0 Å². The van der Waals surface area contributed by atoms with Crippen LogP contribution in [0.2, 0.25) is 0 Å². The van der Waals surface area contributed by atoms with Crippen LogP contribution in [0.25, 0.3) is 0 Å². The Morgan fingerprint density at radius 2 is 2.67 bits per heavy atom. The molecule has 0 aromatic rings. The van der Waals surface area contributed by atoms with Crippen molar-refractivity contribution in [2.45, 2.75) is 6.42 Å². The van der Waals surface area contributed by atoms with Gasteiger partial charge in [-0.2, -0.15) is 0 Å². The number of nitrogens with zero attached hydrogens (tertiary/aromatic N) is 1. The summed E-state index contributed by atoms with van der Waals surface area (Å²) < 4.78 is 11.7. The van der Waals surface area contributed by atoms with Crippen molar-refractivity contribution >= 4 is 6.21 Å². The van der Waals surface area contributed by atoms with E-state index in [4.69, 9.17) is 0 Å². The van der Waals surface area contributed by atoms with Gasteiger partial charge in [0.1, 0.15) is 5.83 Å². The Labute approximate surface area is 35.2 Å². The Morgan fingerprint density at radius 1 is 1.83 bits per heavy atom. The molecule has 0 saturated carbocycles. The lowest BCUT2D eigenvalue weighted by molar-refractivity contribution is 0.629. The van der Waals surface area contributed by atoms with Gasteiger partial charge >= 0.3 is 0 Å². The summed E-state index contributed by atoms with van der Waals surface area (Å²) in [5.74, 6) is -0.144. The summed E-state index contributed by atoms with van der Waals surface area (Å²) in [5, 5.41) is 0. The van der Waals surface area contributed by atoms with Crippen LogP contribution in [0.1, 0.15) is 6.42 Å². The molecule has 1 heterocycles. The number of rotatable bonds is 0. The molecule has 0 aromatic heterocycles. The van der Waals surface area contributed by atoms with Crippen LogP contribution in [-0.4, -0.2) is 6.21 Å². The Kier molecular flexibility index (Phi) is 0.708. The van der Waals surface area contributed by atoms with Crippen LogP contribution in [0.15, 0.2) is 17.0 Å². The summed E-state index contributed by atoms with van der Waals surface area (Å²) in [4.78, 5) is 3.50. The van der Waals surface area contributed by atoms with Crippen LogP contribution in [0.4, 0.5) is 4.39 Å². The summed E-state index contributed by atoms with van der Waals surface area (Å²) in [6.07, 6.45) is 3.15. The molecule has 2 heteroatoms. The summed E-state index contributed by atoms with van der Waals surface area (Å²) >= 11 is 0. The number of halogens is 1. The fourth-order valence-corrected chi connectivity index (χ4v) is 0.326. The zero-order valence-corrected chi connectivity index (χ0v) is 3.19. The predicted octanol–water partition coefficient (Wildman–Crippen LogP) is 1.27. The number of allylic oxidation sites excluding steroid dienone is 1. The minimum atomic E-state index is -0.144. The van der Waals surface area contributed by atoms with E-state index in [1.165, 1.54) is 12.4 Å². The first-order valence-electron chi connectivity index (χ1n) is 1.76. The van der Waals surface area contributed by atoms with Gasteiger partial charge in [-0.1, -0.05) is 0 Å². The minimum absolute atomic E-state index is 0.144. The van der Waals surface area contributed by atoms with Crippen LogP contribution in [0, 0.1) is 0 Å². The van der Waals surface area contributed by atoms with E-state index in [1.54, 1.807) is 0 Å². The minimum Gasteiger partial charge on any atom is -0.266 e. The van der Waals surface area contributed by atoms with Gasteiger partial charge in [0.05, 0.1) is 6.20 Å². The highest BCUT2D eigenvalue weighted by atomic mass is 19.1. The molecule has 0 aromatic carbocycles. The lowest BCUT2D eigenvalue weighted by Crippen LogP contribution is -1.62. The molecule has 0 atom stereocenters. The molecule has 0 fully saturated rings. The van der Waals surface area contributed by atoms with Gasteiger partial charge in [0, 0.05) is 12.6 Å². The van der Waals surface area contributed by atoms with Crippen molar-refractivity contribution < 1.29 is 4.39 Å². The van der Waals surface area contributed by atoms with Crippen LogP contribution in [0.3, 0.4) is 0 Å². The van der Waals surface area contributed by atoms with Crippen molar-refractivity contribution in [3.05, 3.63) is 12.0 Å². The van der Waals surface area contributed by atoms with Crippen molar-refractivity contribution in [2.24, 2.45) is 4.99 Å². The van der Waals surface area contributed by atoms with Crippen molar-refractivity contribution in [1.29, 1.82) is 0 Å². The third-order valence-electron chi connectivity index (χ3n) is 0.606. The first kappa shape index (κ1) is 3.53. The van der Waals surface area contributed by atoms with Crippen molar-refractivity contribution in [1.82, 2.24) is 0 Å². The molecule has 1 aliphatic heterocycles. The molecule has 0 bridgehead atoms. The lowest BCUT2D eigenvalue weighted by atomic mass is 10.5. The lowest BCUT2D eigenvalue weighted by Gasteiger charge is -1.70. The molecule has 0 saturated heterocycles. The van der Waals surface area contributed by atoms with E-state index in [0.29, 0.717) is 6.42 Å². The molecule has 32 valence electrons. The topological polar surface area (TPSA) is 12.4 Å². The molecule has 0 unspecified atom stereocenters. The van der Waals surface area contributed by atoms with Crippen molar-refractivity contribution in [3.63, 3.8) is 0 Å². The number of hydrogen-bond acceptors (Lipinski definition) is 1. The molecule has 1 aliphatic rings. The van der Waals surface area contributed by atoms with Gasteiger partial charge in [0.2, 0.25) is 0 Å². The van der Waals surface area contributed by atoms with Crippen molar-refractivity contribution in [3.8, 4) is 0 Å². The zero-order valence-electron chi connectivity index (χ0n) is 3.19. The average molecular weight is 85.1 g/mol. The van der Waals surface area contributed by atoms with Gasteiger partial charge in [-0.15, -0.1) is 0 Å². The van der Waals surface area contributed by atoms with Gasteiger partial charge in [-0.3, -0.25) is 4.99 Å². The van der Waals surface area contributed by atoms with Crippen LogP contribution in [0.5, 0.6) is 0 Å². The van der Waals surface area contributed by atoms with E-state index in [1.807, 2.05) is 0 Å². The van der Waals surface area contributed by atoms with Crippen molar-refractivity contribution in [2.75, 3.05) is 0 Å². The molecule has 1 rings (SSSR count). The molecular formula is C4H4FN. The second-order valence-electron chi connectivity index (χ2n) is 1.11. The average Bonchev–Trinajstić information content (AvgIpc) is 1.86. The highest BCUT2D eigenvalue weighted by Gasteiger charge is 1.93. The second kappa shape index (κ2) is 1.20. The second-order valence-corrected chi connectivity index (χ2v) is 1.11. The summed E-state index contributed by atoms with van der Waals surface area (Å²) in [6.45, 7) is 0. The largest absolute Gasteiger partial charge is 0.266 e. The van der Waals surface area contributed by atoms with Gasteiger partial charge in [-0.25, -0.2) is 4.39 Å². The first-order chi connectivity index (χ1) is 2.89. The highest BCUT2D eigenvalue weighted by molar-refractivity contribution is 5.64. The molecule has 0 N–H and O–H groups in total. The monoisotopic (exact) mass is 85.0 g/mol. The SMILES string of the molecule is FC1=CN=CC1. The maximum atomic E-state index is 11.7. The van der Waals surface area contributed by atoms with E-state index in [9.17, 15) is 4.39 Å². The summed E-state index contributed by atoms with van der Waals surface area (Å²) in [5.41, 5.74) is 0. The quantitative estimate of drug-likeness (QED) is 0.420. The molecule has 0 aliphatic carbocycles. The maximum absolute atomic E-state index is 11.7. The molecule has 0 radical (unpaired) electrons. The van der Waals surface area contributed by atoms with Gasteiger partial charge in [-0.05, 0) is 0 Å². The summed E-state index contributed by atoms with van der Waals surface area (Å²) in [7, 11) is 0. The number of aliphatic imine (C=N–C) groups is 1. The normalized spacial score (nSPS) is 18.5. The van der Waals surface area contributed by atoms with Crippen LogP contribution >= 0.6 is 0 Å². The van der Waals surface area contributed by atoms with E-state index < -0.39 is 0 Å². The standard InChI is InChI=1S/C4H4FN/c5-4-1-2-6-3-4/h2-3H,1H2. The smallest absolute Gasteiger partial charge is 0.123 e.